The van der Waals surface area contributed by atoms with Crippen molar-refractivity contribution in [1.29, 1.82) is 0 Å². The van der Waals surface area contributed by atoms with E-state index < -0.39 is 0 Å². The standard InChI is InChI=1S/C19H38N2O2/c1-5-10-18(22)12-9-14-21(15-13-19(23)11-6-2)17-16-20(7-3)8-4/h5-17H2,1-4H3. The molecule has 4 nitrogen and oxygen atoms in total. The van der Waals surface area contributed by atoms with Crippen molar-refractivity contribution in [2.24, 2.45) is 0 Å². The van der Waals surface area contributed by atoms with Crippen LogP contribution in [0.3, 0.4) is 0 Å². The Morgan fingerprint density at radius 3 is 1.65 bits per heavy atom. The van der Waals surface area contributed by atoms with Crippen LogP contribution in [0.25, 0.3) is 0 Å². The van der Waals surface area contributed by atoms with E-state index in [1.165, 1.54) is 0 Å². The average molecular weight is 327 g/mol. The second kappa shape index (κ2) is 14.8. The molecule has 0 saturated heterocycles. The van der Waals surface area contributed by atoms with Crippen molar-refractivity contribution in [3.05, 3.63) is 0 Å². The van der Waals surface area contributed by atoms with E-state index in [2.05, 4.69) is 30.6 Å². The fraction of sp³-hybridized carbons (Fsp3) is 0.895. The summed E-state index contributed by atoms with van der Waals surface area (Å²) < 4.78 is 0. The summed E-state index contributed by atoms with van der Waals surface area (Å²) in [5.41, 5.74) is 0. The molecule has 0 saturated carbocycles. The third-order valence-electron chi connectivity index (χ3n) is 4.32. The Balaban J connectivity index is 4.24. The number of carbonyl (C=O) groups is 2. The van der Waals surface area contributed by atoms with Gasteiger partial charge in [0, 0.05) is 45.3 Å². The molecule has 0 fully saturated rings. The van der Waals surface area contributed by atoms with E-state index in [9.17, 15) is 9.59 Å². The molecule has 0 aromatic rings. The highest BCUT2D eigenvalue weighted by atomic mass is 16.1. The smallest absolute Gasteiger partial charge is 0.134 e. The lowest BCUT2D eigenvalue weighted by Crippen LogP contribution is -2.36. The fourth-order valence-corrected chi connectivity index (χ4v) is 2.75. The molecule has 0 aromatic heterocycles. The highest BCUT2D eigenvalue weighted by Crippen LogP contribution is 2.04. The van der Waals surface area contributed by atoms with Crippen LogP contribution >= 0.6 is 0 Å². The first-order valence-corrected chi connectivity index (χ1v) is 9.55. The minimum absolute atomic E-state index is 0.363. The first-order valence-electron chi connectivity index (χ1n) is 9.55. The van der Waals surface area contributed by atoms with Crippen LogP contribution in [0, 0.1) is 0 Å². The van der Waals surface area contributed by atoms with Crippen LogP contribution in [0.2, 0.25) is 0 Å². The molecule has 0 amide bonds. The molecule has 0 unspecified atom stereocenters. The summed E-state index contributed by atoms with van der Waals surface area (Å²) in [4.78, 5) is 28.2. The molecule has 0 aliphatic carbocycles. The predicted octanol–water partition coefficient (Wildman–Crippen LogP) is 3.54. The summed E-state index contributed by atoms with van der Waals surface area (Å²) in [5, 5.41) is 0. The SMILES string of the molecule is CCCC(=O)CCCN(CCC(=O)CCC)CCN(CC)CC. The molecule has 0 N–H and O–H groups in total. The van der Waals surface area contributed by atoms with Crippen LogP contribution in [0.15, 0.2) is 0 Å². The maximum absolute atomic E-state index is 11.8. The van der Waals surface area contributed by atoms with Gasteiger partial charge in [0.1, 0.15) is 11.6 Å². The van der Waals surface area contributed by atoms with E-state index in [-0.39, 0.29) is 0 Å². The van der Waals surface area contributed by atoms with Crippen molar-refractivity contribution >= 4 is 11.6 Å². The van der Waals surface area contributed by atoms with Crippen LogP contribution in [0.5, 0.6) is 0 Å². The van der Waals surface area contributed by atoms with Gasteiger partial charge < -0.3 is 9.80 Å². The number of ketones is 2. The third-order valence-corrected chi connectivity index (χ3v) is 4.32. The molecule has 0 radical (unpaired) electrons. The average Bonchev–Trinajstić information content (AvgIpc) is 2.53. The molecule has 0 spiro atoms. The van der Waals surface area contributed by atoms with Gasteiger partial charge in [-0.05, 0) is 38.9 Å². The molecule has 0 heterocycles. The van der Waals surface area contributed by atoms with Crippen molar-refractivity contribution in [2.75, 3.05) is 39.3 Å². The predicted molar refractivity (Wildman–Crippen MR) is 97.9 cm³/mol. The van der Waals surface area contributed by atoms with Crippen LogP contribution in [-0.4, -0.2) is 60.6 Å². The van der Waals surface area contributed by atoms with E-state index in [0.29, 0.717) is 37.2 Å². The van der Waals surface area contributed by atoms with Gasteiger partial charge in [0.25, 0.3) is 0 Å². The van der Waals surface area contributed by atoms with E-state index >= 15 is 0 Å². The van der Waals surface area contributed by atoms with Gasteiger partial charge in [-0.3, -0.25) is 9.59 Å². The normalized spacial score (nSPS) is 11.4. The first kappa shape index (κ1) is 22.3. The summed E-state index contributed by atoms with van der Waals surface area (Å²) in [6, 6.07) is 0. The number of hydrogen-bond donors (Lipinski definition) is 0. The molecule has 136 valence electrons. The Morgan fingerprint density at radius 2 is 1.13 bits per heavy atom. The van der Waals surface area contributed by atoms with Crippen molar-refractivity contribution < 1.29 is 9.59 Å². The van der Waals surface area contributed by atoms with Gasteiger partial charge in [-0.1, -0.05) is 27.7 Å². The Morgan fingerprint density at radius 1 is 0.609 bits per heavy atom. The second-order valence-electron chi connectivity index (χ2n) is 6.30. The minimum atomic E-state index is 0.363. The van der Waals surface area contributed by atoms with Gasteiger partial charge in [-0.25, -0.2) is 0 Å². The fourth-order valence-electron chi connectivity index (χ4n) is 2.75. The highest BCUT2D eigenvalue weighted by molar-refractivity contribution is 5.78. The van der Waals surface area contributed by atoms with Crippen molar-refractivity contribution in [3.63, 3.8) is 0 Å². The van der Waals surface area contributed by atoms with Crippen molar-refractivity contribution in [1.82, 2.24) is 9.80 Å². The molecule has 0 bridgehead atoms. The molecule has 0 aliphatic rings. The van der Waals surface area contributed by atoms with Gasteiger partial charge in [0.2, 0.25) is 0 Å². The second-order valence-corrected chi connectivity index (χ2v) is 6.30. The lowest BCUT2D eigenvalue weighted by atomic mass is 10.1. The maximum Gasteiger partial charge on any atom is 0.134 e. The van der Waals surface area contributed by atoms with Crippen LogP contribution in [0.4, 0.5) is 0 Å². The molecule has 0 atom stereocenters. The van der Waals surface area contributed by atoms with Crippen LogP contribution in [0.1, 0.15) is 72.6 Å². The minimum Gasteiger partial charge on any atom is -0.303 e. The lowest BCUT2D eigenvalue weighted by Gasteiger charge is -2.26. The van der Waals surface area contributed by atoms with Crippen LogP contribution in [-0.2, 0) is 9.59 Å². The Labute approximate surface area is 143 Å². The summed E-state index contributed by atoms with van der Waals surface area (Å²) in [6.45, 7) is 14.4. The van der Waals surface area contributed by atoms with Gasteiger partial charge in [-0.2, -0.15) is 0 Å². The van der Waals surface area contributed by atoms with Crippen molar-refractivity contribution in [3.8, 4) is 0 Å². The molecule has 0 rings (SSSR count). The Bertz CT molecular complexity index is 314. The van der Waals surface area contributed by atoms with Gasteiger partial charge >= 0.3 is 0 Å². The van der Waals surface area contributed by atoms with E-state index in [1.807, 2.05) is 6.92 Å². The number of carbonyl (C=O) groups excluding carboxylic acids is 2. The topological polar surface area (TPSA) is 40.6 Å². The number of likely N-dealkylation sites (N-methyl/N-ethyl adjacent to an activating group) is 1. The summed E-state index contributed by atoms with van der Waals surface area (Å²) in [5.74, 6) is 0.737. The van der Waals surface area contributed by atoms with Gasteiger partial charge in [0.05, 0.1) is 0 Å². The molecule has 23 heavy (non-hydrogen) atoms. The molecule has 0 aromatic carbocycles. The van der Waals surface area contributed by atoms with Gasteiger partial charge in [-0.15, -0.1) is 0 Å². The summed E-state index contributed by atoms with van der Waals surface area (Å²) in [7, 11) is 0. The highest BCUT2D eigenvalue weighted by Gasteiger charge is 2.10. The number of hydrogen-bond acceptors (Lipinski definition) is 4. The largest absolute Gasteiger partial charge is 0.303 e. The number of nitrogens with zero attached hydrogens (tertiary/aromatic N) is 2. The quantitative estimate of drug-likeness (QED) is 0.435. The zero-order valence-electron chi connectivity index (χ0n) is 15.9. The Kier molecular flexibility index (Phi) is 14.4. The monoisotopic (exact) mass is 326 g/mol. The zero-order valence-corrected chi connectivity index (χ0v) is 15.9. The van der Waals surface area contributed by atoms with E-state index in [4.69, 9.17) is 0 Å². The lowest BCUT2D eigenvalue weighted by molar-refractivity contribution is -0.120. The number of Topliss-reactive ketones (excluding diaryl/α,β-unsaturated/α-hetero) is 2. The molecular formula is C19H38N2O2. The van der Waals surface area contributed by atoms with Gasteiger partial charge in [0.15, 0.2) is 0 Å². The maximum atomic E-state index is 11.8. The van der Waals surface area contributed by atoms with E-state index in [1.54, 1.807) is 0 Å². The molecule has 4 heteroatoms. The first-order chi connectivity index (χ1) is 11.1. The summed E-state index contributed by atoms with van der Waals surface area (Å²) >= 11 is 0. The molecule has 0 aliphatic heterocycles. The number of rotatable bonds is 16. The summed E-state index contributed by atoms with van der Waals surface area (Å²) in [6.07, 6.45) is 5.51. The van der Waals surface area contributed by atoms with Crippen LogP contribution < -0.4 is 0 Å². The third kappa shape index (κ3) is 12.4. The van der Waals surface area contributed by atoms with E-state index in [0.717, 1.165) is 58.5 Å². The zero-order chi connectivity index (χ0) is 17.5. The molecular weight excluding hydrogens is 288 g/mol. The van der Waals surface area contributed by atoms with Crippen molar-refractivity contribution in [2.45, 2.75) is 72.6 Å². The Hall–Kier alpha value is -0.740.